The second-order valence-corrected chi connectivity index (χ2v) is 9.05. The zero-order valence-corrected chi connectivity index (χ0v) is 19.8. The van der Waals surface area contributed by atoms with Crippen LogP contribution in [0.4, 0.5) is 5.13 Å². The third kappa shape index (κ3) is 6.02. The van der Waals surface area contributed by atoms with Crippen LogP contribution in [0.15, 0.2) is 53.0 Å². The second-order valence-electron chi connectivity index (χ2n) is 7.12. The molecule has 5 nitrogen and oxygen atoms in total. The van der Waals surface area contributed by atoms with E-state index in [0.29, 0.717) is 13.0 Å². The largest absolute Gasteiger partial charge is 0.379 e. The number of benzene rings is 2. The molecule has 160 valence electrons. The van der Waals surface area contributed by atoms with Crippen LogP contribution in [0, 0.1) is 0 Å². The molecule has 1 fully saturated rings. The lowest BCUT2D eigenvalue weighted by Crippen LogP contribution is -2.39. The molecule has 4 rings (SSSR count). The van der Waals surface area contributed by atoms with Crippen LogP contribution in [0.1, 0.15) is 12.0 Å². The minimum atomic E-state index is 0. The maximum atomic E-state index is 13.2. The van der Waals surface area contributed by atoms with Gasteiger partial charge in [-0.2, -0.15) is 0 Å². The van der Waals surface area contributed by atoms with Crippen LogP contribution in [0.2, 0.25) is 0 Å². The molecule has 1 aliphatic heterocycles. The molecule has 0 unspecified atom stereocenters. The standard InChI is InChI=1S/C22H24BrN3O2S.ClH/c23-18-7-8-19-20(16-18)29-22(24-19)26(10-4-9-25-11-13-28-14-12-25)21(27)15-17-5-2-1-3-6-17;/h1-3,5-8,16H,4,9-15H2;1H. The van der Waals surface area contributed by atoms with Gasteiger partial charge >= 0.3 is 0 Å². The lowest BCUT2D eigenvalue weighted by molar-refractivity contribution is -0.118. The minimum Gasteiger partial charge on any atom is -0.379 e. The first-order valence-corrected chi connectivity index (χ1v) is 11.5. The van der Waals surface area contributed by atoms with Gasteiger partial charge in [-0.1, -0.05) is 57.6 Å². The first-order chi connectivity index (χ1) is 14.2. The topological polar surface area (TPSA) is 45.7 Å². The smallest absolute Gasteiger partial charge is 0.233 e. The maximum absolute atomic E-state index is 13.2. The summed E-state index contributed by atoms with van der Waals surface area (Å²) in [4.78, 5) is 22.2. The van der Waals surface area contributed by atoms with Gasteiger partial charge in [0.05, 0.1) is 29.9 Å². The second kappa shape index (κ2) is 11.2. The van der Waals surface area contributed by atoms with Gasteiger partial charge in [-0.25, -0.2) is 4.98 Å². The van der Waals surface area contributed by atoms with Crippen LogP contribution in [0.3, 0.4) is 0 Å². The van der Waals surface area contributed by atoms with Crippen molar-refractivity contribution in [1.82, 2.24) is 9.88 Å². The Morgan fingerprint density at radius 2 is 1.93 bits per heavy atom. The van der Waals surface area contributed by atoms with Crippen LogP contribution in [-0.4, -0.2) is 55.2 Å². The molecule has 1 amide bonds. The molecule has 2 heterocycles. The number of amides is 1. The molecule has 1 saturated heterocycles. The molecule has 1 aliphatic rings. The average molecular weight is 511 g/mol. The highest BCUT2D eigenvalue weighted by molar-refractivity contribution is 9.10. The number of hydrogen-bond acceptors (Lipinski definition) is 5. The molecular weight excluding hydrogens is 486 g/mol. The molecule has 0 spiro atoms. The van der Waals surface area contributed by atoms with Crippen LogP contribution in [0.5, 0.6) is 0 Å². The van der Waals surface area contributed by atoms with Crippen molar-refractivity contribution in [2.45, 2.75) is 12.8 Å². The highest BCUT2D eigenvalue weighted by atomic mass is 79.9. The number of carbonyl (C=O) groups excluding carboxylic acids is 1. The predicted molar refractivity (Wildman–Crippen MR) is 129 cm³/mol. The van der Waals surface area contributed by atoms with Gasteiger partial charge in [-0.05, 0) is 30.2 Å². The Bertz CT molecular complexity index is 963. The molecule has 0 N–H and O–H groups in total. The zero-order chi connectivity index (χ0) is 20.1. The highest BCUT2D eigenvalue weighted by Gasteiger charge is 2.21. The SMILES string of the molecule is Cl.O=C(Cc1ccccc1)N(CCCN1CCOCC1)c1nc2ccc(Br)cc2s1. The van der Waals surface area contributed by atoms with Gasteiger partial charge in [-0.3, -0.25) is 14.6 Å². The third-order valence-electron chi connectivity index (χ3n) is 5.03. The van der Waals surface area contributed by atoms with E-state index in [1.54, 1.807) is 11.3 Å². The molecule has 0 atom stereocenters. The van der Waals surface area contributed by atoms with Crippen molar-refractivity contribution in [3.63, 3.8) is 0 Å². The average Bonchev–Trinajstić information content (AvgIpc) is 3.15. The molecule has 0 aliphatic carbocycles. The number of ether oxygens (including phenoxy) is 1. The summed E-state index contributed by atoms with van der Waals surface area (Å²) in [6.07, 6.45) is 1.30. The number of thiazole rings is 1. The number of morpholine rings is 1. The molecule has 0 bridgehead atoms. The summed E-state index contributed by atoms with van der Waals surface area (Å²) in [5.41, 5.74) is 1.96. The maximum Gasteiger partial charge on any atom is 0.233 e. The summed E-state index contributed by atoms with van der Waals surface area (Å²) in [6, 6.07) is 16.0. The van der Waals surface area contributed by atoms with E-state index in [9.17, 15) is 4.79 Å². The number of hydrogen-bond donors (Lipinski definition) is 0. The monoisotopic (exact) mass is 509 g/mol. The predicted octanol–water partition coefficient (Wildman–Crippen LogP) is 4.78. The number of aromatic nitrogens is 1. The van der Waals surface area contributed by atoms with E-state index in [1.165, 1.54) is 0 Å². The number of nitrogens with zero attached hydrogens (tertiary/aromatic N) is 3. The summed E-state index contributed by atoms with van der Waals surface area (Å²) in [5.74, 6) is 0.0938. The minimum absolute atomic E-state index is 0. The number of rotatable bonds is 7. The molecule has 2 aromatic carbocycles. The van der Waals surface area contributed by atoms with Gasteiger partial charge in [0.2, 0.25) is 5.91 Å². The van der Waals surface area contributed by atoms with E-state index in [2.05, 4.69) is 26.9 Å². The van der Waals surface area contributed by atoms with E-state index in [4.69, 9.17) is 9.72 Å². The van der Waals surface area contributed by atoms with Crippen molar-refractivity contribution in [2.24, 2.45) is 0 Å². The van der Waals surface area contributed by atoms with E-state index < -0.39 is 0 Å². The van der Waals surface area contributed by atoms with Crippen LogP contribution >= 0.6 is 39.7 Å². The van der Waals surface area contributed by atoms with Gasteiger partial charge < -0.3 is 4.74 Å². The molecule has 0 saturated carbocycles. The quantitative estimate of drug-likeness (QED) is 0.459. The molecule has 3 aromatic rings. The van der Waals surface area contributed by atoms with Gasteiger partial charge in [0, 0.05) is 30.7 Å². The fourth-order valence-corrected chi connectivity index (χ4v) is 5.03. The Morgan fingerprint density at radius 1 is 1.17 bits per heavy atom. The molecule has 0 radical (unpaired) electrons. The van der Waals surface area contributed by atoms with Crippen LogP contribution in [0.25, 0.3) is 10.2 Å². The Morgan fingerprint density at radius 3 is 2.70 bits per heavy atom. The Kier molecular flexibility index (Phi) is 8.65. The molecular formula is C22H25BrClN3O2S. The van der Waals surface area contributed by atoms with E-state index in [0.717, 1.165) is 64.7 Å². The van der Waals surface area contributed by atoms with E-state index in [1.807, 2.05) is 47.4 Å². The van der Waals surface area contributed by atoms with E-state index >= 15 is 0 Å². The van der Waals surface area contributed by atoms with Crippen molar-refractivity contribution in [3.05, 3.63) is 58.6 Å². The zero-order valence-electron chi connectivity index (χ0n) is 16.6. The van der Waals surface area contributed by atoms with Crippen molar-refractivity contribution >= 4 is 60.9 Å². The Hall–Kier alpha value is -1.51. The van der Waals surface area contributed by atoms with Crippen molar-refractivity contribution in [2.75, 3.05) is 44.3 Å². The van der Waals surface area contributed by atoms with Gasteiger partial charge in [0.1, 0.15) is 0 Å². The fraction of sp³-hybridized carbons (Fsp3) is 0.364. The van der Waals surface area contributed by atoms with Crippen molar-refractivity contribution in [1.29, 1.82) is 0 Å². The number of fused-ring (bicyclic) bond motifs is 1. The fourth-order valence-electron chi connectivity index (χ4n) is 3.47. The van der Waals surface area contributed by atoms with Crippen molar-refractivity contribution < 1.29 is 9.53 Å². The lowest BCUT2D eigenvalue weighted by Gasteiger charge is -2.27. The summed E-state index contributed by atoms with van der Waals surface area (Å²) in [7, 11) is 0. The van der Waals surface area contributed by atoms with Gasteiger partial charge in [-0.15, -0.1) is 12.4 Å². The summed E-state index contributed by atoms with van der Waals surface area (Å²) < 4.78 is 7.53. The normalized spacial score (nSPS) is 14.4. The van der Waals surface area contributed by atoms with Crippen molar-refractivity contribution in [3.8, 4) is 0 Å². The first-order valence-electron chi connectivity index (χ1n) is 9.89. The summed E-state index contributed by atoms with van der Waals surface area (Å²) in [6.45, 7) is 5.16. The summed E-state index contributed by atoms with van der Waals surface area (Å²) >= 11 is 5.10. The molecule has 8 heteroatoms. The Balaban J connectivity index is 0.00000256. The molecule has 30 heavy (non-hydrogen) atoms. The number of anilines is 1. The Labute approximate surface area is 195 Å². The van der Waals surface area contributed by atoms with E-state index in [-0.39, 0.29) is 18.3 Å². The van der Waals surface area contributed by atoms with Gasteiger partial charge in [0.25, 0.3) is 0 Å². The number of carbonyl (C=O) groups is 1. The third-order valence-corrected chi connectivity index (χ3v) is 6.56. The highest BCUT2D eigenvalue weighted by Crippen LogP contribution is 2.31. The van der Waals surface area contributed by atoms with Crippen LogP contribution in [-0.2, 0) is 16.0 Å². The number of halogens is 2. The van der Waals surface area contributed by atoms with Crippen LogP contribution < -0.4 is 4.90 Å². The molecule has 1 aromatic heterocycles. The lowest BCUT2D eigenvalue weighted by atomic mass is 10.1. The first kappa shape index (κ1) is 23.2. The summed E-state index contributed by atoms with van der Waals surface area (Å²) in [5, 5.41) is 0.779. The van der Waals surface area contributed by atoms with Gasteiger partial charge in [0.15, 0.2) is 5.13 Å².